The number of ether oxygens (including phenoxy) is 2. The van der Waals surface area contributed by atoms with Crippen molar-refractivity contribution in [3.63, 3.8) is 0 Å². The number of unbranched alkanes of at least 4 members (excludes halogenated alkanes) is 19. The van der Waals surface area contributed by atoms with Gasteiger partial charge in [-0.25, -0.2) is 4.57 Å². The van der Waals surface area contributed by atoms with Crippen molar-refractivity contribution < 1.29 is 37.6 Å². The van der Waals surface area contributed by atoms with E-state index in [9.17, 15) is 19.0 Å². The van der Waals surface area contributed by atoms with Gasteiger partial charge in [-0.15, -0.1) is 0 Å². The Hall–Kier alpha value is -1.47. The first-order valence-electron chi connectivity index (χ1n) is 18.5. The molecule has 0 spiro atoms. The van der Waals surface area contributed by atoms with Crippen LogP contribution in [0.2, 0.25) is 0 Å². The molecule has 0 radical (unpaired) electrons. The van der Waals surface area contributed by atoms with Crippen molar-refractivity contribution in [3.8, 4) is 0 Å². The summed E-state index contributed by atoms with van der Waals surface area (Å²) in [5.74, 6) is -0.817. The molecule has 0 aliphatic rings. The van der Waals surface area contributed by atoms with E-state index >= 15 is 0 Å². The summed E-state index contributed by atoms with van der Waals surface area (Å²) in [4.78, 5) is 34.3. The summed E-state index contributed by atoms with van der Waals surface area (Å²) in [6.45, 7) is 3.80. The average Bonchev–Trinajstić information content (AvgIpc) is 3.04. The molecule has 0 heterocycles. The maximum absolute atomic E-state index is 12.4. The number of hydrogen-bond acceptors (Lipinski definition) is 7. The molecule has 270 valence electrons. The topological polar surface area (TPSA) is 108 Å². The molecule has 0 saturated carbocycles. The lowest BCUT2D eigenvalue weighted by Crippen LogP contribution is -2.29. The summed E-state index contributed by atoms with van der Waals surface area (Å²) in [6, 6.07) is 0. The van der Waals surface area contributed by atoms with Crippen molar-refractivity contribution in [2.45, 2.75) is 180 Å². The van der Waals surface area contributed by atoms with Crippen molar-refractivity contribution in [3.05, 3.63) is 24.3 Å². The molecule has 2 atom stereocenters. The van der Waals surface area contributed by atoms with Crippen LogP contribution in [0.1, 0.15) is 174 Å². The van der Waals surface area contributed by atoms with Gasteiger partial charge in [-0.2, -0.15) is 0 Å². The highest BCUT2D eigenvalue weighted by Crippen LogP contribution is 2.42. The van der Waals surface area contributed by atoms with Gasteiger partial charge in [-0.1, -0.05) is 147 Å². The highest BCUT2D eigenvalue weighted by Gasteiger charge is 2.24. The maximum atomic E-state index is 12.4. The molecule has 2 unspecified atom stereocenters. The predicted molar refractivity (Wildman–Crippen MR) is 189 cm³/mol. The van der Waals surface area contributed by atoms with E-state index in [1.165, 1.54) is 77.0 Å². The molecule has 8 nitrogen and oxygen atoms in total. The fraction of sp³-hybridized carbons (Fsp3) is 0.838. The molecule has 1 N–H and O–H groups in total. The third-order valence-electron chi connectivity index (χ3n) is 7.93. The molecular weight excluding hydrogens is 603 g/mol. The zero-order valence-electron chi connectivity index (χ0n) is 29.7. The number of esters is 2. The smallest absolute Gasteiger partial charge is 0.462 e. The largest absolute Gasteiger partial charge is 0.472 e. The minimum Gasteiger partial charge on any atom is -0.462 e. The van der Waals surface area contributed by atoms with Crippen LogP contribution in [-0.4, -0.2) is 43.3 Å². The lowest BCUT2D eigenvalue weighted by atomic mass is 10.0. The van der Waals surface area contributed by atoms with Gasteiger partial charge in [0.15, 0.2) is 6.10 Å². The summed E-state index contributed by atoms with van der Waals surface area (Å²) in [5, 5.41) is 0. The standard InChI is InChI=1S/C37H69O8P/c1-4-6-8-10-12-14-16-18-20-21-23-25-27-29-31-36(38)43-33-35(34-44-46(40,41)42-3)45-37(39)32-30-28-26-24-22-19-17-15-13-11-9-7-5-2/h9,11,15,17,35H,4-8,10,12-14,16,18-34H2,1-3H3,(H,40,41)/b11-9-,17-15-. The van der Waals surface area contributed by atoms with Crippen molar-refractivity contribution in [1.29, 1.82) is 0 Å². The molecule has 0 rings (SSSR count). The Balaban J connectivity index is 4.07. The molecule has 0 aromatic carbocycles. The van der Waals surface area contributed by atoms with E-state index in [1.54, 1.807) is 0 Å². The Bertz CT molecular complexity index is 813. The zero-order valence-corrected chi connectivity index (χ0v) is 30.6. The van der Waals surface area contributed by atoms with Crippen LogP contribution >= 0.6 is 7.82 Å². The van der Waals surface area contributed by atoms with Gasteiger partial charge in [0.1, 0.15) is 6.61 Å². The first kappa shape index (κ1) is 44.5. The third kappa shape index (κ3) is 32.5. The molecule has 0 aromatic rings. The number of phosphoric acid groups is 1. The predicted octanol–water partition coefficient (Wildman–Crippen LogP) is 11.1. The number of hydrogen-bond donors (Lipinski definition) is 1. The van der Waals surface area contributed by atoms with Crippen LogP contribution in [0.3, 0.4) is 0 Å². The monoisotopic (exact) mass is 672 g/mol. The number of phosphoric ester groups is 1. The van der Waals surface area contributed by atoms with Crippen LogP contribution in [-0.2, 0) is 32.7 Å². The molecule has 0 aliphatic heterocycles. The van der Waals surface area contributed by atoms with Crippen LogP contribution < -0.4 is 0 Å². The quantitative estimate of drug-likeness (QED) is 0.0311. The lowest BCUT2D eigenvalue weighted by Gasteiger charge is -2.19. The van der Waals surface area contributed by atoms with E-state index < -0.39 is 26.5 Å². The lowest BCUT2D eigenvalue weighted by molar-refractivity contribution is -0.161. The molecule has 0 bridgehead atoms. The molecule has 0 fully saturated rings. The van der Waals surface area contributed by atoms with Crippen molar-refractivity contribution in [1.82, 2.24) is 0 Å². The van der Waals surface area contributed by atoms with Gasteiger partial charge in [-0.3, -0.25) is 18.6 Å². The van der Waals surface area contributed by atoms with Crippen LogP contribution in [0.4, 0.5) is 0 Å². The minimum absolute atomic E-state index is 0.227. The van der Waals surface area contributed by atoms with Crippen molar-refractivity contribution >= 4 is 19.8 Å². The van der Waals surface area contributed by atoms with E-state index in [0.717, 1.165) is 71.3 Å². The summed E-state index contributed by atoms with van der Waals surface area (Å²) in [6.07, 6.45) is 35.1. The van der Waals surface area contributed by atoms with Crippen molar-refractivity contribution in [2.24, 2.45) is 0 Å². The van der Waals surface area contributed by atoms with Gasteiger partial charge in [0.2, 0.25) is 0 Å². The second-order valence-electron chi connectivity index (χ2n) is 12.4. The van der Waals surface area contributed by atoms with Gasteiger partial charge >= 0.3 is 19.8 Å². The van der Waals surface area contributed by atoms with E-state index in [-0.39, 0.29) is 19.0 Å². The third-order valence-corrected chi connectivity index (χ3v) is 8.87. The zero-order chi connectivity index (χ0) is 34.0. The Morgan fingerprint density at radius 2 is 1.09 bits per heavy atom. The second kappa shape index (κ2) is 33.4. The molecule has 0 saturated heterocycles. The Labute approximate surface area is 282 Å². The van der Waals surface area contributed by atoms with E-state index in [4.69, 9.17) is 14.0 Å². The number of rotatable bonds is 34. The van der Waals surface area contributed by atoms with E-state index in [2.05, 4.69) is 42.7 Å². The molecule has 46 heavy (non-hydrogen) atoms. The fourth-order valence-electron chi connectivity index (χ4n) is 5.05. The second-order valence-corrected chi connectivity index (χ2v) is 13.9. The van der Waals surface area contributed by atoms with Crippen LogP contribution in [0.15, 0.2) is 24.3 Å². The van der Waals surface area contributed by atoms with Crippen LogP contribution in [0.5, 0.6) is 0 Å². The minimum atomic E-state index is -4.25. The highest BCUT2D eigenvalue weighted by atomic mass is 31.2. The number of allylic oxidation sites excluding steroid dienone is 4. The van der Waals surface area contributed by atoms with E-state index in [1.807, 2.05) is 0 Å². The maximum Gasteiger partial charge on any atom is 0.472 e. The van der Waals surface area contributed by atoms with Gasteiger partial charge < -0.3 is 14.4 Å². The van der Waals surface area contributed by atoms with Crippen molar-refractivity contribution in [2.75, 3.05) is 20.3 Å². The number of carbonyl (C=O) groups is 2. The first-order chi connectivity index (χ1) is 22.3. The van der Waals surface area contributed by atoms with Crippen LogP contribution in [0, 0.1) is 0 Å². The molecule has 0 amide bonds. The molecular formula is C37H69O8P. The molecule has 0 aromatic heterocycles. The Morgan fingerprint density at radius 1 is 0.609 bits per heavy atom. The summed E-state index contributed by atoms with van der Waals surface area (Å²) in [7, 11) is -3.20. The average molecular weight is 673 g/mol. The summed E-state index contributed by atoms with van der Waals surface area (Å²) in [5.41, 5.74) is 0. The van der Waals surface area contributed by atoms with Gasteiger partial charge in [-0.05, 0) is 38.5 Å². The first-order valence-corrected chi connectivity index (χ1v) is 20.0. The highest BCUT2D eigenvalue weighted by molar-refractivity contribution is 7.47. The molecule has 0 aliphatic carbocycles. The Kier molecular flexibility index (Phi) is 32.4. The van der Waals surface area contributed by atoms with Crippen LogP contribution in [0.25, 0.3) is 0 Å². The van der Waals surface area contributed by atoms with Gasteiger partial charge in [0, 0.05) is 20.0 Å². The SMILES string of the molecule is CCC/C=C\C/C=C\CCCCCCCC(=O)OC(COC(=O)CCCCCCCCCCCCCCCC)COP(=O)(O)OC. The fourth-order valence-corrected chi connectivity index (χ4v) is 5.51. The normalized spacial score (nSPS) is 13.7. The van der Waals surface area contributed by atoms with E-state index in [0.29, 0.717) is 12.8 Å². The summed E-state index contributed by atoms with van der Waals surface area (Å²) >= 11 is 0. The van der Waals surface area contributed by atoms with Gasteiger partial charge in [0.25, 0.3) is 0 Å². The summed E-state index contributed by atoms with van der Waals surface area (Å²) < 4.78 is 31.8. The van der Waals surface area contributed by atoms with Gasteiger partial charge in [0.05, 0.1) is 6.61 Å². The molecule has 9 heteroatoms. The number of carbonyl (C=O) groups excluding carboxylic acids is 2. The Morgan fingerprint density at radius 3 is 1.61 bits per heavy atom.